The van der Waals surface area contributed by atoms with E-state index in [1.807, 2.05) is 6.07 Å². The minimum Gasteiger partial charge on any atom is -0.295 e. The Balaban J connectivity index is 2.07. The first-order chi connectivity index (χ1) is 8.20. The van der Waals surface area contributed by atoms with Gasteiger partial charge < -0.3 is 0 Å². The lowest BCUT2D eigenvalue weighted by Gasteiger charge is -2.37. The fourth-order valence-corrected chi connectivity index (χ4v) is 3.00. The van der Waals surface area contributed by atoms with E-state index in [0.29, 0.717) is 12.6 Å². The Morgan fingerprint density at radius 3 is 2.71 bits per heavy atom. The summed E-state index contributed by atoms with van der Waals surface area (Å²) in [5, 5.41) is 0.944. The van der Waals surface area contributed by atoms with Gasteiger partial charge in [-0.1, -0.05) is 38.3 Å². The molecule has 0 amide bonds. The minimum atomic E-state index is -0.105. The van der Waals surface area contributed by atoms with Crippen molar-refractivity contribution in [1.29, 1.82) is 0 Å². The van der Waals surface area contributed by atoms with Crippen molar-refractivity contribution < 1.29 is 4.39 Å². The highest BCUT2D eigenvalue weighted by Gasteiger charge is 2.25. The van der Waals surface area contributed by atoms with E-state index >= 15 is 0 Å². The summed E-state index contributed by atoms with van der Waals surface area (Å²) in [4.78, 5) is 2.38. The van der Waals surface area contributed by atoms with Crippen LogP contribution in [0.4, 0.5) is 4.39 Å². The summed E-state index contributed by atoms with van der Waals surface area (Å²) < 4.78 is 14.6. The van der Waals surface area contributed by atoms with Crippen LogP contribution >= 0.6 is 31.9 Å². The van der Waals surface area contributed by atoms with Gasteiger partial charge in [0.15, 0.2) is 0 Å². The van der Waals surface area contributed by atoms with Gasteiger partial charge in [0.05, 0.1) is 0 Å². The van der Waals surface area contributed by atoms with Crippen molar-refractivity contribution in [3.63, 3.8) is 0 Å². The molecule has 0 saturated heterocycles. The summed E-state index contributed by atoms with van der Waals surface area (Å²) in [6.45, 7) is 1.69. The SMILES string of the molecule is Fc1ccc(Br)cc1CN(CCBr)C1CCC1. The van der Waals surface area contributed by atoms with E-state index in [-0.39, 0.29) is 5.82 Å². The summed E-state index contributed by atoms with van der Waals surface area (Å²) in [6.07, 6.45) is 3.82. The molecule has 0 N–H and O–H groups in total. The summed E-state index contributed by atoms with van der Waals surface area (Å²) in [7, 11) is 0. The van der Waals surface area contributed by atoms with Crippen LogP contribution in [0.5, 0.6) is 0 Å². The molecule has 0 atom stereocenters. The molecular formula is C13H16Br2FN. The third kappa shape index (κ3) is 3.52. The van der Waals surface area contributed by atoms with Crippen LogP contribution in [0.3, 0.4) is 0 Å². The Kier molecular flexibility index (Phi) is 5.00. The van der Waals surface area contributed by atoms with Gasteiger partial charge in [-0.05, 0) is 31.0 Å². The van der Waals surface area contributed by atoms with Crippen molar-refractivity contribution >= 4 is 31.9 Å². The Bertz CT molecular complexity index is 380. The van der Waals surface area contributed by atoms with E-state index < -0.39 is 0 Å². The molecule has 94 valence electrons. The molecule has 1 aromatic carbocycles. The maximum Gasteiger partial charge on any atom is 0.127 e. The first-order valence-electron chi connectivity index (χ1n) is 5.94. The molecule has 0 bridgehead atoms. The number of halogens is 3. The van der Waals surface area contributed by atoms with Gasteiger partial charge in [-0.25, -0.2) is 4.39 Å². The van der Waals surface area contributed by atoms with Crippen LogP contribution in [0.2, 0.25) is 0 Å². The molecule has 4 heteroatoms. The lowest BCUT2D eigenvalue weighted by Crippen LogP contribution is -2.40. The number of hydrogen-bond acceptors (Lipinski definition) is 1. The molecule has 1 saturated carbocycles. The zero-order valence-corrected chi connectivity index (χ0v) is 12.8. The molecule has 0 aromatic heterocycles. The van der Waals surface area contributed by atoms with E-state index in [1.54, 1.807) is 6.07 Å². The quantitative estimate of drug-likeness (QED) is 0.702. The molecule has 1 aromatic rings. The molecular weight excluding hydrogens is 349 g/mol. The smallest absolute Gasteiger partial charge is 0.127 e. The van der Waals surface area contributed by atoms with Gasteiger partial charge in [0.2, 0.25) is 0 Å². The number of alkyl halides is 1. The molecule has 17 heavy (non-hydrogen) atoms. The van der Waals surface area contributed by atoms with Crippen molar-refractivity contribution in [2.24, 2.45) is 0 Å². The first-order valence-corrected chi connectivity index (χ1v) is 7.86. The van der Waals surface area contributed by atoms with Gasteiger partial charge in [0, 0.05) is 34.5 Å². The number of hydrogen-bond donors (Lipinski definition) is 0. The fraction of sp³-hybridized carbons (Fsp3) is 0.538. The Labute approximate surface area is 119 Å². The second-order valence-corrected chi connectivity index (χ2v) is 6.19. The second-order valence-electron chi connectivity index (χ2n) is 4.48. The largest absolute Gasteiger partial charge is 0.295 e. The van der Waals surface area contributed by atoms with Gasteiger partial charge in [-0.15, -0.1) is 0 Å². The van der Waals surface area contributed by atoms with E-state index in [1.165, 1.54) is 25.3 Å². The number of benzene rings is 1. The number of rotatable bonds is 5. The molecule has 0 heterocycles. The lowest BCUT2D eigenvalue weighted by molar-refractivity contribution is 0.127. The van der Waals surface area contributed by atoms with Crippen molar-refractivity contribution in [2.75, 3.05) is 11.9 Å². The minimum absolute atomic E-state index is 0.105. The van der Waals surface area contributed by atoms with Crippen molar-refractivity contribution in [2.45, 2.75) is 31.8 Å². The average molecular weight is 365 g/mol. The normalized spacial score (nSPS) is 16.2. The lowest BCUT2D eigenvalue weighted by atomic mass is 9.91. The first kappa shape index (κ1) is 13.5. The Morgan fingerprint density at radius 2 is 2.12 bits per heavy atom. The van der Waals surface area contributed by atoms with Gasteiger partial charge in [-0.3, -0.25) is 4.90 Å². The van der Waals surface area contributed by atoms with Crippen molar-refractivity contribution in [1.82, 2.24) is 4.90 Å². The highest BCUT2D eigenvalue weighted by Crippen LogP contribution is 2.27. The zero-order chi connectivity index (χ0) is 12.3. The van der Waals surface area contributed by atoms with Crippen LogP contribution in [-0.2, 0) is 6.54 Å². The third-order valence-electron chi connectivity index (χ3n) is 3.34. The summed E-state index contributed by atoms with van der Waals surface area (Å²) >= 11 is 6.87. The topological polar surface area (TPSA) is 3.24 Å². The van der Waals surface area contributed by atoms with E-state index in [4.69, 9.17) is 0 Å². The van der Waals surface area contributed by atoms with Crippen LogP contribution in [-0.4, -0.2) is 22.8 Å². The van der Waals surface area contributed by atoms with Crippen molar-refractivity contribution in [3.8, 4) is 0 Å². The van der Waals surface area contributed by atoms with Crippen LogP contribution in [0.1, 0.15) is 24.8 Å². The van der Waals surface area contributed by atoms with E-state index in [9.17, 15) is 4.39 Å². The maximum atomic E-state index is 13.7. The second kappa shape index (κ2) is 6.30. The monoisotopic (exact) mass is 363 g/mol. The molecule has 1 nitrogen and oxygen atoms in total. The fourth-order valence-electron chi connectivity index (χ4n) is 2.13. The molecule has 1 fully saturated rings. The van der Waals surface area contributed by atoms with Gasteiger partial charge in [0.1, 0.15) is 5.82 Å². The standard InChI is InChI=1S/C13H16Br2FN/c14-6-7-17(12-2-1-3-12)9-10-8-11(15)4-5-13(10)16/h4-5,8,12H,1-3,6-7,9H2. The van der Waals surface area contributed by atoms with Crippen LogP contribution < -0.4 is 0 Å². The van der Waals surface area contributed by atoms with E-state index in [2.05, 4.69) is 36.8 Å². The molecule has 1 aliphatic rings. The van der Waals surface area contributed by atoms with Gasteiger partial charge >= 0.3 is 0 Å². The summed E-state index contributed by atoms with van der Waals surface area (Å²) in [5.74, 6) is -0.105. The highest BCUT2D eigenvalue weighted by molar-refractivity contribution is 9.10. The molecule has 1 aliphatic carbocycles. The van der Waals surface area contributed by atoms with Gasteiger partial charge in [0.25, 0.3) is 0 Å². The number of nitrogens with zero attached hydrogens (tertiary/aromatic N) is 1. The molecule has 0 unspecified atom stereocenters. The Hall–Kier alpha value is 0.0700. The highest BCUT2D eigenvalue weighted by atomic mass is 79.9. The Morgan fingerprint density at radius 1 is 1.35 bits per heavy atom. The molecule has 0 aliphatic heterocycles. The average Bonchev–Trinajstić information content (AvgIpc) is 2.21. The van der Waals surface area contributed by atoms with Gasteiger partial charge in [-0.2, -0.15) is 0 Å². The van der Waals surface area contributed by atoms with Crippen LogP contribution in [0.25, 0.3) is 0 Å². The molecule has 0 spiro atoms. The summed E-state index contributed by atoms with van der Waals surface area (Å²) in [5.41, 5.74) is 0.784. The molecule has 0 radical (unpaired) electrons. The zero-order valence-electron chi connectivity index (χ0n) is 9.63. The third-order valence-corrected chi connectivity index (χ3v) is 4.19. The maximum absolute atomic E-state index is 13.7. The summed E-state index contributed by atoms with van der Waals surface area (Å²) in [6, 6.07) is 5.81. The van der Waals surface area contributed by atoms with Crippen LogP contribution in [0.15, 0.2) is 22.7 Å². The van der Waals surface area contributed by atoms with Crippen molar-refractivity contribution in [3.05, 3.63) is 34.1 Å². The predicted octanol–water partition coefficient (Wildman–Crippen LogP) is 4.34. The van der Waals surface area contributed by atoms with Crippen LogP contribution in [0, 0.1) is 5.82 Å². The van der Waals surface area contributed by atoms with E-state index in [0.717, 1.165) is 21.9 Å². The molecule has 2 rings (SSSR count). The predicted molar refractivity (Wildman–Crippen MR) is 75.9 cm³/mol.